The van der Waals surface area contributed by atoms with Gasteiger partial charge in [-0.15, -0.1) is 0 Å². The van der Waals surface area contributed by atoms with Crippen molar-refractivity contribution in [1.29, 1.82) is 0 Å². The van der Waals surface area contributed by atoms with Crippen LogP contribution in [0.15, 0.2) is 45.6 Å². The predicted molar refractivity (Wildman–Crippen MR) is 109 cm³/mol. The maximum absolute atomic E-state index is 12.3. The van der Waals surface area contributed by atoms with E-state index in [0.717, 1.165) is 54.6 Å². The number of hydrogen-bond donors (Lipinski definition) is 1. The molecule has 2 heterocycles. The molecule has 4 heteroatoms. The third kappa shape index (κ3) is 2.83. The smallest absolute Gasteiger partial charge is 0.339 e. The van der Waals surface area contributed by atoms with E-state index in [4.69, 9.17) is 9.15 Å². The molecular formula is C24H26NO3+. The first-order chi connectivity index (χ1) is 13.6. The van der Waals surface area contributed by atoms with Crippen LogP contribution in [0.5, 0.6) is 5.75 Å². The number of benzene rings is 2. The molecule has 1 unspecified atom stereocenters. The molecule has 0 fully saturated rings. The maximum Gasteiger partial charge on any atom is 0.339 e. The summed E-state index contributed by atoms with van der Waals surface area (Å²) < 4.78 is 11.9. The Morgan fingerprint density at radius 3 is 2.75 bits per heavy atom. The van der Waals surface area contributed by atoms with Gasteiger partial charge in [-0.25, -0.2) is 4.79 Å². The molecule has 1 aromatic heterocycles. The van der Waals surface area contributed by atoms with Crippen molar-refractivity contribution in [3.05, 3.63) is 74.6 Å². The van der Waals surface area contributed by atoms with Crippen LogP contribution < -0.4 is 15.3 Å². The largest absolute Gasteiger partial charge is 0.444 e. The number of ether oxygens (including phenoxy) is 1. The Kier molecular flexibility index (Phi) is 4.24. The van der Waals surface area contributed by atoms with Gasteiger partial charge in [-0.1, -0.05) is 37.3 Å². The van der Waals surface area contributed by atoms with Crippen molar-refractivity contribution in [1.82, 2.24) is 0 Å². The summed E-state index contributed by atoms with van der Waals surface area (Å²) in [5.74, 6) is 1.38. The Morgan fingerprint density at radius 2 is 1.93 bits per heavy atom. The molecule has 144 valence electrons. The molecule has 0 spiro atoms. The van der Waals surface area contributed by atoms with Crippen LogP contribution in [0, 0.1) is 6.92 Å². The first-order valence-corrected chi connectivity index (χ1v) is 10.2. The van der Waals surface area contributed by atoms with Gasteiger partial charge in [-0.05, 0) is 43.4 Å². The van der Waals surface area contributed by atoms with E-state index >= 15 is 0 Å². The molecule has 0 amide bonds. The van der Waals surface area contributed by atoms with Crippen LogP contribution in [0.25, 0.3) is 11.0 Å². The Bertz CT molecular complexity index is 1100. The van der Waals surface area contributed by atoms with E-state index in [1.54, 1.807) is 0 Å². The summed E-state index contributed by atoms with van der Waals surface area (Å²) >= 11 is 0. The minimum Gasteiger partial charge on any atom is -0.444 e. The molecular weight excluding hydrogens is 350 g/mol. The van der Waals surface area contributed by atoms with Crippen LogP contribution in [-0.4, -0.2) is 13.3 Å². The Balaban J connectivity index is 1.49. The fourth-order valence-corrected chi connectivity index (χ4v) is 4.92. The molecule has 0 saturated carbocycles. The van der Waals surface area contributed by atoms with Gasteiger partial charge in [0.05, 0.1) is 6.54 Å². The minimum atomic E-state index is -0.164. The SMILES string of the molecule is Cc1c2c(cc3c4c(c(=O)oc13)CCC4)C[NH+](C[C@H](C)c1ccccc1)CO2. The summed E-state index contributed by atoms with van der Waals surface area (Å²) in [6.45, 7) is 6.92. The van der Waals surface area contributed by atoms with E-state index in [9.17, 15) is 4.79 Å². The molecule has 2 aromatic carbocycles. The molecule has 3 aromatic rings. The molecule has 1 aliphatic carbocycles. The van der Waals surface area contributed by atoms with Crippen LogP contribution in [0.3, 0.4) is 0 Å². The number of nitrogens with one attached hydrogen (secondary N) is 1. The van der Waals surface area contributed by atoms with Crippen LogP contribution in [0.1, 0.15) is 47.1 Å². The fraction of sp³-hybridized carbons (Fsp3) is 0.375. The van der Waals surface area contributed by atoms with E-state index in [0.29, 0.717) is 18.2 Å². The predicted octanol–water partition coefficient (Wildman–Crippen LogP) is 3.13. The van der Waals surface area contributed by atoms with Crippen molar-refractivity contribution in [2.45, 2.75) is 45.6 Å². The zero-order chi connectivity index (χ0) is 19.3. The Hall–Kier alpha value is -2.59. The quantitative estimate of drug-likeness (QED) is 0.715. The van der Waals surface area contributed by atoms with Gasteiger partial charge in [-0.2, -0.15) is 0 Å². The highest BCUT2D eigenvalue weighted by Gasteiger charge is 2.28. The van der Waals surface area contributed by atoms with E-state index in [2.05, 4.69) is 43.3 Å². The molecule has 0 saturated heterocycles. The molecule has 0 radical (unpaired) electrons. The summed E-state index contributed by atoms with van der Waals surface area (Å²) in [6, 6.07) is 12.9. The van der Waals surface area contributed by atoms with Crippen molar-refractivity contribution >= 4 is 11.0 Å². The van der Waals surface area contributed by atoms with Crippen molar-refractivity contribution in [2.24, 2.45) is 0 Å². The van der Waals surface area contributed by atoms with Crippen molar-refractivity contribution in [2.75, 3.05) is 13.3 Å². The molecule has 2 atom stereocenters. The third-order valence-corrected chi connectivity index (χ3v) is 6.34. The van der Waals surface area contributed by atoms with Crippen molar-refractivity contribution in [3.8, 4) is 5.75 Å². The molecule has 28 heavy (non-hydrogen) atoms. The fourth-order valence-electron chi connectivity index (χ4n) is 4.92. The summed E-state index contributed by atoms with van der Waals surface area (Å²) in [4.78, 5) is 13.8. The van der Waals surface area contributed by atoms with Gasteiger partial charge in [0.15, 0.2) is 0 Å². The van der Waals surface area contributed by atoms with Gasteiger partial charge in [0.1, 0.15) is 17.9 Å². The summed E-state index contributed by atoms with van der Waals surface area (Å²) in [5.41, 5.74) is 6.19. The zero-order valence-electron chi connectivity index (χ0n) is 16.5. The van der Waals surface area contributed by atoms with Crippen LogP contribution in [-0.2, 0) is 19.4 Å². The Labute approximate surface area is 164 Å². The van der Waals surface area contributed by atoms with E-state index < -0.39 is 0 Å². The van der Waals surface area contributed by atoms with Crippen molar-refractivity contribution in [3.63, 3.8) is 0 Å². The average Bonchev–Trinajstić information content (AvgIpc) is 3.21. The number of quaternary nitrogens is 1. The lowest BCUT2D eigenvalue weighted by molar-refractivity contribution is -0.933. The van der Waals surface area contributed by atoms with Gasteiger partial charge < -0.3 is 9.15 Å². The van der Waals surface area contributed by atoms with Gasteiger partial charge >= 0.3 is 5.63 Å². The Morgan fingerprint density at radius 1 is 1.14 bits per heavy atom. The van der Waals surface area contributed by atoms with Crippen LogP contribution in [0.2, 0.25) is 0 Å². The molecule has 1 N–H and O–H groups in total. The summed E-state index contributed by atoms with van der Waals surface area (Å²) in [6.07, 6.45) is 2.85. The van der Waals surface area contributed by atoms with Gasteiger partial charge in [-0.3, -0.25) is 4.90 Å². The first-order valence-electron chi connectivity index (χ1n) is 10.2. The molecule has 4 nitrogen and oxygen atoms in total. The summed E-state index contributed by atoms with van der Waals surface area (Å²) in [7, 11) is 0. The highest BCUT2D eigenvalue weighted by molar-refractivity contribution is 5.87. The second kappa shape index (κ2) is 6.78. The van der Waals surface area contributed by atoms with Gasteiger partial charge in [0.2, 0.25) is 6.73 Å². The van der Waals surface area contributed by atoms with E-state index in [1.165, 1.54) is 21.6 Å². The van der Waals surface area contributed by atoms with E-state index in [-0.39, 0.29) is 5.63 Å². The monoisotopic (exact) mass is 376 g/mol. The number of aryl methyl sites for hydroxylation is 2. The minimum absolute atomic E-state index is 0.164. The second-order valence-corrected chi connectivity index (χ2v) is 8.30. The lowest BCUT2D eigenvalue weighted by Crippen LogP contribution is -3.12. The lowest BCUT2D eigenvalue weighted by Gasteiger charge is -2.29. The standard InChI is InChI=1S/C24H25NO3/c1-15(17-7-4-3-5-8-17)12-25-13-18-11-21-19-9-6-10-20(19)24(26)28-23(21)16(2)22(18)27-14-25/h3-5,7-8,11,15H,6,9-10,12-14H2,1-2H3/p+1/t15-/m0/s1. The maximum atomic E-state index is 12.3. The molecule has 2 aliphatic rings. The average molecular weight is 376 g/mol. The second-order valence-electron chi connectivity index (χ2n) is 8.30. The molecule has 1 aliphatic heterocycles. The number of hydrogen-bond acceptors (Lipinski definition) is 3. The molecule has 5 rings (SSSR count). The van der Waals surface area contributed by atoms with Gasteiger partial charge in [0.25, 0.3) is 0 Å². The first kappa shape index (κ1) is 17.5. The number of rotatable bonds is 3. The molecule has 0 bridgehead atoms. The van der Waals surface area contributed by atoms with Crippen LogP contribution in [0.4, 0.5) is 0 Å². The van der Waals surface area contributed by atoms with Crippen LogP contribution >= 0.6 is 0 Å². The normalized spacial score (nSPS) is 19.1. The highest BCUT2D eigenvalue weighted by atomic mass is 16.5. The number of fused-ring (bicyclic) bond motifs is 4. The third-order valence-electron chi connectivity index (χ3n) is 6.34. The van der Waals surface area contributed by atoms with Crippen molar-refractivity contribution < 1.29 is 14.1 Å². The zero-order valence-corrected chi connectivity index (χ0v) is 16.5. The van der Waals surface area contributed by atoms with E-state index in [1.807, 2.05) is 6.92 Å². The highest BCUT2D eigenvalue weighted by Crippen LogP contribution is 2.36. The lowest BCUT2D eigenvalue weighted by atomic mass is 9.98. The van der Waals surface area contributed by atoms with Gasteiger partial charge in [0, 0.05) is 28.0 Å². The topological polar surface area (TPSA) is 43.9 Å². The summed E-state index contributed by atoms with van der Waals surface area (Å²) in [5, 5.41) is 1.12.